The Labute approximate surface area is 196 Å². The standard InChI is InChI=1S/C23H24ClN3O5S/c1-26-15-20(23(29)25-9-8-16-2-4-17(24)5-3-16)22(28)19-14-18(6-7-21(19)26)33(30,31)27-10-12-32-13-11-27/h2-7,14-15H,8-13H2,1H3,(H,25,29). The third-order valence-electron chi connectivity index (χ3n) is 5.62. The minimum atomic E-state index is -3.77. The number of aromatic nitrogens is 1. The van der Waals surface area contributed by atoms with Crippen LogP contribution >= 0.6 is 11.6 Å². The van der Waals surface area contributed by atoms with Crippen molar-refractivity contribution in [2.45, 2.75) is 11.3 Å². The van der Waals surface area contributed by atoms with Gasteiger partial charge in [0.05, 0.1) is 23.6 Å². The van der Waals surface area contributed by atoms with Gasteiger partial charge in [0.25, 0.3) is 5.91 Å². The number of carbonyl (C=O) groups excluding carboxylic acids is 1. The molecule has 2 aromatic carbocycles. The van der Waals surface area contributed by atoms with Crippen LogP contribution in [0, 0.1) is 0 Å². The predicted octanol–water partition coefficient (Wildman–Crippen LogP) is 2.19. The Balaban J connectivity index is 1.60. The highest BCUT2D eigenvalue weighted by atomic mass is 35.5. The molecule has 0 saturated carbocycles. The van der Waals surface area contributed by atoms with Gasteiger partial charge in [-0.05, 0) is 42.3 Å². The van der Waals surface area contributed by atoms with E-state index in [4.69, 9.17) is 16.3 Å². The number of fused-ring (bicyclic) bond motifs is 1. The number of ether oxygens (including phenoxy) is 1. The van der Waals surface area contributed by atoms with E-state index in [9.17, 15) is 18.0 Å². The van der Waals surface area contributed by atoms with Crippen LogP contribution in [0.5, 0.6) is 0 Å². The number of hydrogen-bond acceptors (Lipinski definition) is 5. The van der Waals surface area contributed by atoms with Crippen LogP contribution in [0.25, 0.3) is 10.9 Å². The second-order valence-corrected chi connectivity index (χ2v) is 10.2. The van der Waals surface area contributed by atoms with E-state index in [1.807, 2.05) is 12.1 Å². The van der Waals surface area contributed by atoms with Gasteiger partial charge in [-0.3, -0.25) is 9.59 Å². The van der Waals surface area contributed by atoms with Crippen LogP contribution in [0.2, 0.25) is 5.02 Å². The minimum absolute atomic E-state index is 0.0225. The Bertz CT molecular complexity index is 1350. The summed E-state index contributed by atoms with van der Waals surface area (Å²) in [4.78, 5) is 25.9. The summed E-state index contributed by atoms with van der Waals surface area (Å²) in [5, 5.41) is 3.58. The number of halogens is 1. The summed E-state index contributed by atoms with van der Waals surface area (Å²) in [5.41, 5.74) is 0.996. The van der Waals surface area contributed by atoms with Crippen LogP contribution < -0.4 is 10.7 Å². The molecule has 1 aromatic heterocycles. The second kappa shape index (κ2) is 9.64. The van der Waals surface area contributed by atoms with Crippen molar-refractivity contribution in [2.75, 3.05) is 32.8 Å². The Kier molecular flexibility index (Phi) is 6.85. The van der Waals surface area contributed by atoms with Gasteiger partial charge in [-0.15, -0.1) is 0 Å². The number of nitrogens with one attached hydrogen (secondary N) is 1. The SMILES string of the molecule is Cn1cc(C(=O)NCCc2ccc(Cl)cc2)c(=O)c2cc(S(=O)(=O)N3CCOCC3)ccc21. The van der Waals surface area contributed by atoms with Gasteiger partial charge in [-0.25, -0.2) is 8.42 Å². The zero-order valence-corrected chi connectivity index (χ0v) is 19.7. The fraction of sp³-hybridized carbons (Fsp3) is 0.304. The van der Waals surface area contributed by atoms with Crippen molar-refractivity contribution in [3.63, 3.8) is 0 Å². The smallest absolute Gasteiger partial charge is 0.256 e. The van der Waals surface area contributed by atoms with Gasteiger partial charge in [0, 0.05) is 43.3 Å². The first-order valence-corrected chi connectivity index (χ1v) is 12.3. The van der Waals surface area contributed by atoms with E-state index in [2.05, 4.69) is 5.32 Å². The first-order valence-electron chi connectivity index (χ1n) is 10.5. The summed E-state index contributed by atoms with van der Waals surface area (Å²) in [6.45, 7) is 1.51. The predicted molar refractivity (Wildman–Crippen MR) is 126 cm³/mol. The normalized spacial score (nSPS) is 15.0. The second-order valence-electron chi connectivity index (χ2n) is 7.81. The number of amides is 1. The number of aryl methyl sites for hydroxylation is 1. The minimum Gasteiger partial charge on any atom is -0.379 e. The lowest BCUT2D eigenvalue weighted by atomic mass is 10.1. The fourth-order valence-corrected chi connectivity index (χ4v) is 5.36. The lowest BCUT2D eigenvalue weighted by Gasteiger charge is -2.26. The number of hydrogen-bond donors (Lipinski definition) is 1. The first kappa shape index (κ1) is 23.4. The number of nitrogens with zero attached hydrogens (tertiary/aromatic N) is 2. The maximum absolute atomic E-state index is 13.1. The Morgan fingerprint density at radius 3 is 2.52 bits per heavy atom. The molecular formula is C23H24ClN3O5S. The lowest BCUT2D eigenvalue weighted by Crippen LogP contribution is -2.40. The van der Waals surface area contributed by atoms with E-state index in [1.54, 1.807) is 29.8 Å². The zero-order valence-electron chi connectivity index (χ0n) is 18.1. The molecule has 1 saturated heterocycles. The van der Waals surface area contributed by atoms with Crippen LogP contribution in [-0.4, -0.2) is 56.0 Å². The van der Waals surface area contributed by atoms with Crippen LogP contribution in [0.15, 0.2) is 58.4 Å². The number of pyridine rings is 1. The molecule has 1 aliphatic rings. The largest absolute Gasteiger partial charge is 0.379 e. The summed E-state index contributed by atoms with van der Waals surface area (Å²) in [5.74, 6) is -0.507. The number of sulfonamides is 1. The highest BCUT2D eigenvalue weighted by molar-refractivity contribution is 7.89. The van der Waals surface area contributed by atoms with E-state index in [0.29, 0.717) is 36.7 Å². The molecule has 1 aliphatic heterocycles. The van der Waals surface area contributed by atoms with Gasteiger partial charge >= 0.3 is 0 Å². The van der Waals surface area contributed by atoms with Crippen LogP contribution in [-0.2, 0) is 28.2 Å². The molecular weight excluding hydrogens is 466 g/mol. The Morgan fingerprint density at radius 2 is 1.82 bits per heavy atom. The summed E-state index contributed by atoms with van der Waals surface area (Å²) >= 11 is 5.89. The van der Waals surface area contributed by atoms with E-state index in [0.717, 1.165) is 5.56 Å². The highest BCUT2D eigenvalue weighted by Gasteiger charge is 2.27. The van der Waals surface area contributed by atoms with Gasteiger partial charge in [-0.2, -0.15) is 4.31 Å². The van der Waals surface area contributed by atoms with Gasteiger partial charge in [-0.1, -0.05) is 23.7 Å². The summed E-state index contributed by atoms with van der Waals surface area (Å²) in [7, 11) is -2.06. The maximum atomic E-state index is 13.1. The zero-order chi connectivity index (χ0) is 23.6. The van der Waals surface area contributed by atoms with Crippen molar-refractivity contribution in [3.05, 3.63) is 75.0 Å². The number of morpholine rings is 1. The topological polar surface area (TPSA) is 97.7 Å². The monoisotopic (exact) mass is 489 g/mol. The quantitative estimate of drug-likeness (QED) is 0.572. The molecule has 1 fully saturated rings. The van der Waals surface area contributed by atoms with Crippen molar-refractivity contribution >= 4 is 38.4 Å². The molecule has 1 N–H and O–H groups in total. The molecule has 10 heteroatoms. The molecule has 1 amide bonds. The van der Waals surface area contributed by atoms with Gasteiger partial charge in [0.2, 0.25) is 15.5 Å². The molecule has 0 aliphatic carbocycles. The van der Waals surface area contributed by atoms with Gasteiger partial charge in [0.15, 0.2) is 0 Å². The summed E-state index contributed by atoms with van der Waals surface area (Å²) in [6.07, 6.45) is 2.05. The van der Waals surface area contributed by atoms with Crippen molar-refractivity contribution in [1.82, 2.24) is 14.2 Å². The molecule has 2 heterocycles. The average molecular weight is 490 g/mol. The Morgan fingerprint density at radius 1 is 1.12 bits per heavy atom. The third kappa shape index (κ3) is 4.96. The van der Waals surface area contributed by atoms with Crippen molar-refractivity contribution in [3.8, 4) is 0 Å². The molecule has 0 unspecified atom stereocenters. The van der Waals surface area contributed by atoms with E-state index >= 15 is 0 Å². The number of benzene rings is 2. The van der Waals surface area contributed by atoms with Crippen LogP contribution in [0.3, 0.4) is 0 Å². The van der Waals surface area contributed by atoms with Gasteiger partial charge in [0.1, 0.15) is 5.56 Å². The molecule has 0 spiro atoms. The van der Waals surface area contributed by atoms with E-state index in [-0.39, 0.29) is 28.9 Å². The summed E-state index contributed by atoms with van der Waals surface area (Å²) < 4.78 is 34.3. The Hall–Kier alpha value is -2.72. The lowest BCUT2D eigenvalue weighted by molar-refractivity contribution is 0.0730. The molecule has 0 radical (unpaired) electrons. The van der Waals surface area contributed by atoms with Crippen molar-refractivity contribution < 1.29 is 17.9 Å². The summed E-state index contributed by atoms with van der Waals surface area (Å²) in [6, 6.07) is 11.7. The molecule has 8 nitrogen and oxygen atoms in total. The molecule has 33 heavy (non-hydrogen) atoms. The van der Waals surface area contributed by atoms with Crippen molar-refractivity contribution in [1.29, 1.82) is 0 Å². The molecule has 4 rings (SSSR count). The van der Waals surface area contributed by atoms with Crippen LogP contribution in [0.1, 0.15) is 15.9 Å². The molecule has 174 valence electrons. The van der Waals surface area contributed by atoms with E-state index in [1.165, 1.54) is 22.6 Å². The fourth-order valence-electron chi connectivity index (χ4n) is 3.80. The molecule has 0 bridgehead atoms. The average Bonchev–Trinajstić information content (AvgIpc) is 2.82. The third-order valence-corrected chi connectivity index (χ3v) is 7.77. The molecule has 0 atom stereocenters. The molecule has 3 aromatic rings. The number of rotatable bonds is 6. The number of carbonyl (C=O) groups is 1. The van der Waals surface area contributed by atoms with E-state index < -0.39 is 21.4 Å². The maximum Gasteiger partial charge on any atom is 0.256 e. The van der Waals surface area contributed by atoms with Crippen LogP contribution in [0.4, 0.5) is 0 Å². The first-order chi connectivity index (χ1) is 15.8. The highest BCUT2D eigenvalue weighted by Crippen LogP contribution is 2.21. The van der Waals surface area contributed by atoms with Gasteiger partial charge < -0.3 is 14.6 Å². The van der Waals surface area contributed by atoms with Crippen molar-refractivity contribution in [2.24, 2.45) is 7.05 Å².